The van der Waals surface area contributed by atoms with Crippen molar-refractivity contribution >= 4 is 34.2 Å². The van der Waals surface area contributed by atoms with Gasteiger partial charge in [0.05, 0.1) is 41.4 Å². The minimum absolute atomic E-state index is 0.163. The first-order chi connectivity index (χ1) is 15.8. The van der Waals surface area contributed by atoms with Crippen molar-refractivity contribution in [2.75, 3.05) is 18.5 Å². The molecule has 0 saturated carbocycles. The number of nitrogens with zero attached hydrogens (tertiary/aromatic N) is 2. The largest absolute Gasteiger partial charge is 0.462 e. The Morgan fingerprint density at radius 1 is 1.00 bits per heavy atom. The fourth-order valence-electron chi connectivity index (χ4n) is 3.46. The van der Waals surface area contributed by atoms with E-state index in [-0.39, 0.29) is 28.7 Å². The van der Waals surface area contributed by atoms with E-state index in [2.05, 4.69) is 10.4 Å². The molecule has 0 unspecified atom stereocenters. The summed E-state index contributed by atoms with van der Waals surface area (Å²) in [6, 6.07) is 9.49. The summed E-state index contributed by atoms with van der Waals surface area (Å²) in [5.74, 6) is -1.56. The number of nitrogens with one attached hydrogen (secondary N) is 1. The van der Waals surface area contributed by atoms with E-state index in [0.29, 0.717) is 28.9 Å². The maximum atomic E-state index is 13.3. The van der Waals surface area contributed by atoms with Gasteiger partial charge in [-0.05, 0) is 51.8 Å². The molecule has 0 aliphatic carbocycles. The van der Waals surface area contributed by atoms with Crippen molar-refractivity contribution in [2.24, 2.45) is 0 Å². The Kier molecular flexibility index (Phi) is 7.65. The molecule has 1 amide bonds. The zero-order valence-corrected chi connectivity index (χ0v) is 20.2. The average molecular weight is 470 g/mol. The number of para-hydroxylation sites is 1. The van der Waals surface area contributed by atoms with Crippen molar-refractivity contribution < 1.29 is 23.9 Å². The highest BCUT2D eigenvalue weighted by molar-refractivity contribution is 7.18. The number of benzene rings is 1. The number of hydrogen-bond acceptors (Lipinski definition) is 7. The van der Waals surface area contributed by atoms with Crippen LogP contribution in [-0.4, -0.2) is 40.8 Å². The number of amides is 1. The first-order valence-electron chi connectivity index (χ1n) is 10.7. The van der Waals surface area contributed by atoms with Gasteiger partial charge in [0, 0.05) is 0 Å². The summed E-state index contributed by atoms with van der Waals surface area (Å²) in [5, 5.41) is 7.56. The SMILES string of the molecule is CCCOC(=O)c1c(NC(=O)c2c(C)nn(-c3ccccc3)c2C)sc(C(=O)OCC)c1C. The number of esters is 2. The molecular weight excluding hydrogens is 442 g/mol. The summed E-state index contributed by atoms with van der Waals surface area (Å²) < 4.78 is 12.1. The smallest absolute Gasteiger partial charge is 0.348 e. The first kappa shape index (κ1) is 24.2. The maximum Gasteiger partial charge on any atom is 0.348 e. The summed E-state index contributed by atoms with van der Waals surface area (Å²) in [6.07, 6.45) is 0.651. The van der Waals surface area contributed by atoms with Crippen molar-refractivity contribution in [3.8, 4) is 5.69 Å². The van der Waals surface area contributed by atoms with Crippen LogP contribution in [-0.2, 0) is 9.47 Å². The third kappa shape index (κ3) is 4.98. The number of aromatic nitrogens is 2. The predicted molar refractivity (Wildman–Crippen MR) is 127 cm³/mol. The molecule has 1 N–H and O–H groups in total. The summed E-state index contributed by atoms with van der Waals surface area (Å²) in [6.45, 7) is 9.23. The lowest BCUT2D eigenvalue weighted by atomic mass is 10.1. The molecule has 9 heteroatoms. The molecule has 0 aliphatic rings. The number of aryl methyl sites for hydroxylation is 1. The zero-order valence-electron chi connectivity index (χ0n) is 19.4. The Bertz CT molecular complexity index is 1180. The van der Waals surface area contributed by atoms with Gasteiger partial charge in [-0.3, -0.25) is 4.79 Å². The van der Waals surface area contributed by atoms with E-state index in [9.17, 15) is 14.4 Å². The highest BCUT2D eigenvalue weighted by Crippen LogP contribution is 2.35. The zero-order chi connectivity index (χ0) is 24.1. The lowest BCUT2D eigenvalue weighted by Gasteiger charge is -2.08. The molecule has 2 aromatic heterocycles. The van der Waals surface area contributed by atoms with Gasteiger partial charge in [0.25, 0.3) is 5.91 Å². The second-order valence-corrected chi connectivity index (χ2v) is 8.38. The van der Waals surface area contributed by atoms with Crippen LogP contribution in [0.25, 0.3) is 5.69 Å². The first-order valence-corrected chi connectivity index (χ1v) is 11.5. The van der Waals surface area contributed by atoms with Crippen LogP contribution in [0.4, 0.5) is 5.00 Å². The molecule has 0 bridgehead atoms. The van der Waals surface area contributed by atoms with Crippen LogP contribution in [0.3, 0.4) is 0 Å². The topological polar surface area (TPSA) is 99.5 Å². The van der Waals surface area contributed by atoms with Crippen molar-refractivity contribution in [1.29, 1.82) is 0 Å². The number of thiophene rings is 1. The molecule has 0 fully saturated rings. The highest BCUT2D eigenvalue weighted by Gasteiger charge is 2.29. The summed E-state index contributed by atoms with van der Waals surface area (Å²) in [5.41, 5.74) is 3.01. The number of ether oxygens (including phenoxy) is 2. The summed E-state index contributed by atoms with van der Waals surface area (Å²) >= 11 is 0.999. The number of rotatable bonds is 8. The normalized spacial score (nSPS) is 10.7. The second-order valence-electron chi connectivity index (χ2n) is 7.36. The van der Waals surface area contributed by atoms with Crippen LogP contribution in [0.1, 0.15) is 67.6 Å². The number of anilines is 1. The van der Waals surface area contributed by atoms with Gasteiger partial charge in [-0.2, -0.15) is 5.10 Å². The van der Waals surface area contributed by atoms with E-state index < -0.39 is 17.8 Å². The molecule has 3 aromatic rings. The third-order valence-electron chi connectivity index (χ3n) is 5.00. The van der Waals surface area contributed by atoms with Gasteiger partial charge >= 0.3 is 11.9 Å². The third-order valence-corrected chi connectivity index (χ3v) is 6.18. The van der Waals surface area contributed by atoms with Crippen molar-refractivity contribution in [3.05, 3.63) is 63.3 Å². The molecule has 33 heavy (non-hydrogen) atoms. The average Bonchev–Trinajstić information content (AvgIpc) is 3.28. The summed E-state index contributed by atoms with van der Waals surface area (Å²) in [4.78, 5) is 38.7. The van der Waals surface area contributed by atoms with Gasteiger partial charge in [-0.1, -0.05) is 25.1 Å². The van der Waals surface area contributed by atoms with Gasteiger partial charge in [-0.15, -0.1) is 11.3 Å². The molecule has 1 aromatic carbocycles. The maximum absolute atomic E-state index is 13.3. The quantitative estimate of drug-likeness (QED) is 0.473. The Labute approximate surface area is 196 Å². The van der Waals surface area contributed by atoms with E-state index in [1.54, 1.807) is 25.5 Å². The van der Waals surface area contributed by atoms with Gasteiger partial charge in [0.2, 0.25) is 0 Å². The molecule has 174 valence electrons. The minimum Gasteiger partial charge on any atom is -0.462 e. The van der Waals surface area contributed by atoms with Crippen molar-refractivity contribution in [3.63, 3.8) is 0 Å². The van der Waals surface area contributed by atoms with Crippen molar-refractivity contribution in [2.45, 2.75) is 41.0 Å². The molecule has 2 heterocycles. The molecule has 0 radical (unpaired) electrons. The molecule has 0 atom stereocenters. The van der Waals surface area contributed by atoms with Crippen LogP contribution in [0.15, 0.2) is 30.3 Å². The van der Waals surface area contributed by atoms with Crippen LogP contribution >= 0.6 is 11.3 Å². The molecule has 0 saturated heterocycles. The molecular formula is C24H27N3O5S. The van der Waals surface area contributed by atoms with Crippen LogP contribution in [0.5, 0.6) is 0 Å². The summed E-state index contributed by atoms with van der Waals surface area (Å²) in [7, 11) is 0. The Morgan fingerprint density at radius 2 is 1.70 bits per heavy atom. The van der Waals surface area contributed by atoms with Crippen LogP contribution < -0.4 is 5.32 Å². The number of carbonyl (C=O) groups is 3. The van der Waals surface area contributed by atoms with Gasteiger partial charge in [0.15, 0.2) is 0 Å². The highest BCUT2D eigenvalue weighted by atomic mass is 32.1. The second kappa shape index (κ2) is 10.4. The van der Waals surface area contributed by atoms with E-state index in [1.807, 2.05) is 44.2 Å². The molecule has 3 rings (SSSR count). The fourth-order valence-corrected chi connectivity index (χ4v) is 4.55. The molecule has 0 spiro atoms. The van der Waals surface area contributed by atoms with E-state index >= 15 is 0 Å². The number of carbonyl (C=O) groups excluding carboxylic acids is 3. The lowest BCUT2D eigenvalue weighted by Crippen LogP contribution is -2.16. The van der Waals surface area contributed by atoms with E-state index in [1.165, 1.54) is 0 Å². The minimum atomic E-state index is -0.593. The standard InChI is InChI=1S/C24H27N3O5S/c1-6-13-32-23(29)18-14(3)20(24(30)31-7-2)33-22(18)25-21(28)19-15(4)26-27(16(19)5)17-11-9-8-10-12-17/h8-12H,6-7,13H2,1-5H3,(H,25,28). The monoisotopic (exact) mass is 469 g/mol. The molecule has 0 aliphatic heterocycles. The number of hydrogen-bond donors (Lipinski definition) is 1. The Balaban J connectivity index is 1.99. The van der Waals surface area contributed by atoms with Gasteiger partial charge in [-0.25, -0.2) is 14.3 Å². The van der Waals surface area contributed by atoms with Crippen LogP contribution in [0, 0.1) is 20.8 Å². The van der Waals surface area contributed by atoms with E-state index in [4.69, 9.17) is 9.47 Å². The molecule has 8 nitrogen and oxygen atoms in total. The Morgan fingerprint density at radius 3 is 2.33 bits per heavy atom. The van der Waals surface area contributed by atoms with Gasteiger partial charge < -0.3 is 14.8 Å². The van der Waals surface area contributed by atoms with Crippen molar-refractivity contribution in [1.82, 2.24) is 9.78 Å². The van der Waals surface area contributed by atoms with Gasteiger partial charge in [0.1, 0.15) is 9.88 Å². The van der Waals surface area contributed by atoms with Crippen LogP contribution in [0.2, 0.25) is 0 Å². The fraction of sp³-hybridized carbons (Fsp3) is 0.333. The predicted octanol–water partition coefficient (Wildman–Crippen LogP) is 4.85. The van der Waals surface area contributed by atoms with E-state index in [0.717, 1.165) is 17.0 Å². The Hall–Kier alpha value is -3.46. The lowest BCUT2D eigenvalue weighted by molar-refractivity contribution is 0.0506.